The summed E-state index contributed by atoms with van der Waals surface area (Å²) in [5.41, 5.74) is 10.3. The van der Waals surface area contributed by atoms with Crippen molar-refractivity contribution in [2.45, 2.75) is 33.2 Å². The molecule has 3 heterocycles. The first-order valence-corrected chi connectivity index (χ1v) is 14.0. The highest BCUT2D eigenvalue weighted by molar-refractivity contribution is 7.15. The van der Waals surface area contributed by atoms with Crippen molar-refractivity contribution in [1.82, 2.24) is 14.8 Å². The van der Waals surface area contributed by atoms with Crippen LogP contribution in [0.2, 0.25) is 5.02 Å². The van der Waals surface area contributed by atoms with Crippen LogP contribution >= 0.6 is 35.3 Å². The molecule has 0 bridgehead atoms. The van der Waals surface area contributed by atoms with Crippen LogP contribution in [0.1, 0.15) is 61.6 Å². The number of hydrogen-bond donors (Lipinski definition) is 2. The van der Waals surface area contributed by atoms with Gasteiger partial charge in [0.15, 0.2) is 5.82 Å². The van der Waals surface area contributed by atoms with Crippen LogP contribution in [0, 0.1) is 32.6 Å². The van der Waals surface area contributed by atoms with Crippen molar-refractivity contribution in [3.63, 3.8) is 0 Å². The number of fused-ring (bicyclic) bond motifs is 3. The molecule has 2 aromatic carbocycles. The van der Waals surface area contributed by atoms with Crippen LogP contribution in [0.4, 0.5) is 5.69 Å². The third kappa shape index (κ3) is 5.96. The van der Waals surface area contributed by atoms with E-state index < -0.39 is 12.0 Å². The summed E-state index contributed by atoms with van der Waals surface area (Å²) < 4.78 is 6.89. The number of aromatic nitrogens is 3. The molecule has 5 rings (SSSR count). The van der Waals surface area contributed by atoms with Crippen LogP contribution in [0.25, 0.3) is 5.00 Å². The Morgan fingerprint density at radius 3 is 2.57 bits per heavy atom. The fourth-order valence-corrected chi connectivity index (χ4v) is 6.02. The molecule has 42 heavy (non-hydrogen) atoms. The zero-order chi connectivity index (χ0) is 29.3. The summed E-state index contributed by atoms with van der Waals surface area (Å²) >= 11 is 7.83. The van der Waals surface area contributed by atoms with Crippen molar-refractivity contribution >= 4 is 58.6 Å². The van der Waals surface area contributed by atoms with Gasteiger partial charge in [-0.1, -0.05) is 35.6 Å². The Labute approximate surface area is 258 Å². The van der Waals surface area contributed by atoms with E-state index in [-0.39, 0.29) is 36.8 Å². The van der Waals surface area contributed by atoms with Gasteiger partial charge in [0.1, 0.15) is 16.9 Å². The fourth-order valence-electron chi connectivity index (χ4n) is 4.68. The van der Waals surface area contributed by atoms with Crippen LogP contribution in [0.5, 0.6) is 0 Å². The van der Waals surface area contributed by atoms with Gasteiger partial charge in [-0.2, -0.15) is 0 Å². The van der Waals surface area contributed by atoms with E-state index in [4.69, 9.17) is 27.1 Å². The van der Waals surface area contributed by atoms with Gasteiger partial charge in [-0.15, -0.1) is 33.9 Å². The molecule has 9 nitrogen and oxygen atoms in total. The number of aliphatic imine (C=N–C) groups is 1. The second-order valence-electron chi connectivity index (χ2n) is 9.41. The molecule has 12 heteroatoms. The van der Waals surface area contributed by atoms with E-state index in [1.807, 2.05) is 35.8 Å². The van der Waals surface area contributed by atoms with Gasteiger partial charge in [0.2, 0.25) is 5.91 Å². The summed E-state index contributed by atoms with van der Waals surface area (Å²) in [7, 11) is 1.29. The Morgan fingerprint density at radius 2 is 1.88 bits per heavy atom. The number of esters is 1. The zero-order valence-electron chi connectivity index (χ0n) is 23.3. The van der Waals surface area contributed by atoms with Gasteiger partial charge in [0, 0.05) is 32.3 Å². The maximum absolute atomic E-state index is 13.4. The molecule has 2 aromatic heterocycles. The van der Waals surface area contributed by atoms with Crippen molar-refractivity contribution in [2.24, 2.45) is 10.7 Å². The number of ether oxygens (including phenoxy) is 1. The van der Waals surface area contributed by atoms with Gasteiger partial charge in [-0.05, 0) is 56.7 Å². The molecule has 1 aliphatic heterocycles. The highest BCUT2D eigenvalue weighted by Crippen LogP contribution is 2.39. The Balaban J connectivity index is 0.00000405. The number of rotatable bonds is 5. The first-order valence-electron chi connectivity index (χ1n) is 12.8. The Bertz CT molecular complexity index is 1770. The van der Waals surface area contributed by atoms with Gasteiger partial charge in [0.25, 0.3) is 0 Å². The molecule has 0 radical (unpaired) electrons. The molecule has 0 aliphatic carbocycles. The quantitative estimate of drug-likeness (QED) is 0.228. The molecule has 0 unspecified atom stereocenters. The highest BCUT2D eigenvalue weighted by atomic mass is 35.5. The molecule has 4 aromatic rings. The molecular formula is C30H28Cl2N6O3S. The maximum Gasteiger partial charge on any atom is 0.339 e. The third-order valence-electron chi connectivity index (χ3n) is 6.77. The maximum atomic E-state index is 13.4. The topological polar surface area (TPSA) is 124 Å². The fraction of sp³-hybridized carbons (Fsp3) is 0.233. The lowest BCUT2D eigenvalue weighted by molar-refractivity contribution is -0.116. The van der Waals surface area contributed by atoms with Gasteiger partial charge >= 0.3 is 5.97 Å². The number of nitrogens with two attached hydrogens (primary N) is 1. The molecule has 1 aliphatic rings. The number of benzene rings is 2. The Morgan fingerprint density at radius 1 is 1.14 bits per heavy atom. The third-order valence-corrected chi connectivity index (χ3v) is 8.21. The number of halogens is 2. The predicted molar refractivity (Wildman–Crippen MR) is 167 cm³/mol. The van der Waals surface area contributed by atoms with Crippen LogP contribution in [0.3, 0.4) is 0 Å². The SMILES string of the molecule is COC(=O)c1cc(NC(=O)C[C@@H]2N=C(c3ccc(Cl)cc3)c3c(sc(C)c3C)-n3c(C)nnc32)ccc1C#CCN.Cl. The minimum atomic E-state index is -0.629. The van der Waals surface area contributed by atoms with E-state index in [0.29, 0.717) is 27.9 Å². The molecule has 216 valence electrons. The number of aryl methyl sites for hydroxylation is 2. The molecule has 0 saturated heterocycles. The van der Waals surface area contributed by atoms with Gasteiger partial charge in [-0.3, -0.25) is 14.4 Å². The highest BCUT2D eigenvalue weighted by Gasteiger charge is 2.32. The number of hydrogen-bond acceptors (Lipinski definition) is 8. The molecule has 0 fully saturated rings. The van der Waals surface area contributed by atoms with E-state index in [0.717, 1.165) is 32.3 Å². The molecular weight excluding hydrogens is 595 g/mol. The van der Waals surface area contributed by atoms with Crippen LogP contribution in [-0.4, -0.2) is 46.0 Å². The van der Waals surface area contributed by atoms with E-state index in [9.17, 15) is 9.59 Å². The van der Waals surface area contributed by atoms with Crippen molar-refractivity contribution in [1.29, 1.82) is 0 Å². The van der Waals surface area contributed by atoms with Crippen LogP contribution < -0.4 is 11.1 Å². The summed E-state index contributed by atoms with van der Waals surface area (Å²) in [6.45, 7) is 6.18. The van der Waals surface area contributed by atoms with Crippen molar-refractivity contribution in [3.8, 4) is 16.8 Å². The largest absolute Gasteiger partial charge is 0.465 e. The van der Waals surface area contributed by atoms with E-state index in [2.05, 4.69) is 41.2 Å². The Kier molecular flexibility index (Phi) is 9.49. The second kappa shape index (κ2) is 12.9. The van der Waals surface area contributed by atoms with E-state index >= 15 is 0 Å². The normalized spacial score (nSPS) is 13.4. The van der Waals surface area contributed by atoms with Crippen molar-refractivity contribution < 1.29 is 14.3 Å². The number of nitrogens with zero attached hydrogens (tertiary/aromatic N) is 4. The molecule has 1 amide bonds. The number of nitrogens with one attached hydrogen (secondary N) is 1. The van der Waals surface area contributed by atoms with Crippen molar-refractivity contribution in [2.75, 3.05) is 19.0 Å². The summed E-state index contributed by atoms with van der Waals surface area (Å²) in [6.07, 6.45) is -0.00944. The predicted octanol–water partition coefficient (Wildman–Crippen LogP) is 5.35. The smallest absolute Gasteiger partial charge is 0.339 e. The number of amides is 1. The summed E-state index contributed by atoms with van der Waals surface area (Å²) in [4.78, 5) is 32.1. The molecule has 0 saturated carbocycles. The number of thiophene rings is 1. The number of carbonyl (C=O) groups excluding carboxylic acids is 2. The molecule has 3 N–H and O–H groups in total. The lowest BCUT2D eigenvalue weighted by Crippen LogP contribution is -2.18. The standard InChI is InChI=1S/C30H27ClN6O3S.ClH/c1-16-17(2)41-29-26(16)27(20-7-10-21(31)11-8-20)34-24(28-36-35-18(3)37(28)29)15-25(38)33-22-12-9-19(6-5-13-32)23(14-22)30(39)40-4;/h7-12,14,24H,13,15,32H2,1-4H3,(H,33,38);1H/t24-;/m0./s1. The van der Waals surface area contributed by atoms with Gasteiger partial charge < -0.3 is 15.8 Å². The number of carbonyl (C=O) groups is 2. The molecule has 0 spiro atoms. The second-order valence-corrected chi connectivity index (χ2v) is 11.1. The monoisotopic (exact) mass is 622 g/mol. The lowest BCUT2D eigenvalue weighted by Gasteiger charge is -2.14. The van der Waals surface area contributed by atoms with Crippen LogP contribution in [0.15, 0.2) is 47.5 Å². The minimum Gasteiger partial charge on any atom is -0.465 e. The summed E-state index contributed by atoms with van der Waals surface area (Å²) in [6, 6.07) is 11.7. The number of methoxy groups -OCH3 is 1. The minimum absolute atomic E-state index is 0. The molecule has 1 atom stereocenters. The summed E-state index contributed by atoms with van der Waals surface area (Å²) in [5.74, 6) is 6.00. The average molecular weight is 624 g/mol. The number of anilines is 1. The zero-order valence-corrected chi connectivity index (χ0v) is 25.7. The first-order chi connectivity index (χ1) is 19.7. The van der Waals surface area contributed by atoms with Gasteiger partial charge in [0.05, 0.1) is 31.4 Å². The Hall–Kier alpha value is -4.01. The average Bonchev–Trinajstić information content (AvgIpc) is 3.44. The summed E-state index contributed by atoms with van der Waals surface area (Å²) in [5, 5.41) is 13.3. The van der Waals surface area contributed by atoms with E-state index in [1.54, 1.807) is 23.5 Å². The van der Waals surface area contributed by atoms with Crippen molar-refractivity contribution in [3.05, 3.63) is 91.8 Å². The van der Waals surface area contributed by atoms with E-state index in [1.165, 1.54) is 13.2 Å². The first kappa shape index (κ1) is 30.9. The van der Waals surface area contributed by atoms with Crippen LogP contribution in [-0.2, 0) is 9.53 Å². The lowest BCUT2D eigenvalue weighted by atomic mass is 9.99. The van der Waals surface area contributed by atoms with Gasteiger partial charge in [-0.25, -0.2) is 4.79 Å².